The topological polar surface area (TPSA) is 45.5 Å². The van der Waals surface area contributed by atoms with Gasteiger partial charge < -0.3 is 10.2 Å². The van der Waals surface area contributed by atoms with E-state index in [1.165, 1.54) is 0 Å². The Hall–Kier alpha value is -1.62. The van der Waals surface area contributed by atoms with Crippen LogP contribution >= 0.6 is 0 Å². The molecule has 0 saturated heterocycles. The zero-order chi connectivity index (χ0) is 15.6. The number of hydrogen-bond donors (Lipinski definition) is 1. The van der Waals surface area contributed by atoms with Crippen LogP contribution in [-0.4, -0.2) is 46.2 Å². The summed E-state index contributed by atoms with van der Waals surface area (Å²) in [5.41, 5.74) is 2.14. The number of fused-ring (bicyclic) bond motifs is 1. The quantitative estimate of drug-likeness (QED) is 0.888. The molecule has 5 heteroatoms. The van der Waals surface area contributed by atoms with Gasteiger partial charge in [-0.25, -0.2) is 9.50 Å². The molecule has 0 aliphatic rings. The van der Waals surface area contributed by atoms with Crippen LogP contribution in [0, 0.1) is 5.92 Å². The molecule has 0 fully saturated rings. The van der Waals surface area contributed by atoms with Crippen molar-refractivity contribution in [3.05, 3.63) is 24.2 Å². The highest BCUT2D eigenvalue weighted by atomic mass is 15.2. The van der Waals surface area contributed by atoms with Crippen LogP contribution in [-0.2, 0) is 0 Å². The first-order chi connectivity index (χ1) is 9.88. The predicted octanol–water partition coefficient (Wildman–Crippen LogP) is 2.85. The van der Waals surface area contributed by atoms with Crippen LogP contribution in [0.4, 0.5) is 5.82 Å². The average molecular weight is 289 g/mol. The molecule has 2 rings (SSSR count). The van der Waals surface area contributed by atoms with Crippen LogP contribution in [0.2, 0.25) is 0 Å². The minimum Gasteiger partial charge on any atom is -0.364 e. The molecule has 2 heterocycles. The Kier molecular flexibility index (Phi) is 4.83. The molecule has 21 heavy (non-hydrogen) atoms. The summed E-state index contributed by atoms with van der Waals surface area (Å²) < 4.78 is 1.91. The molecule has 0 aromatic carbocycles. The minimum absolute atomic E-state index is 0.358. The van der Waals surface area contributed by atoms with E-state index in [0.717, 1.165) is 23.6 Å². The van der Waals surface area contributed by atoms with Gasteiger partial charge >= 0.3 is 0 Å². The summed E-state index contributed by atoms with van der Waals surface area (Å²) in [6, 6.07) is 2.49. The molecule has 2 aromatic rings. The van der Waals surface area contributed by atoms with Crippen LogP contribution in [0.1, 0.15) is 39.3 Å². The standard InChI is InChI=1S/C16H27N5/c1-11(2)13-9-15-16(17-7-8-21(15)19-13)18-14(12(3)4)10-20(5)6/h7-9,11-12,14H,10H2,1-6H3,(H,17,18). The second-order valence-electron chi connectivity index (χ2n) is 6.59. The van der Waals surface area contributed by atoms with E-state index in [0.29, 0.717) is 17.9 Å². The summed E-state index contributed by atoms with van der Waals surface area (Å²) in [7, 11) is 4.20. The fourth-order valence-corrected chi connectivity index (χ4v) is 2.33. The van der Waals surface area contributed by atoms with Gasteiger partial charge in [0.25, 0.3) is 0 Å². The molecule has 1 atom stereocenters. The van der Waals surface area contributed by atoms with E-state index >= 15 is 0 Å². The molecule has 0 aliphatic heterocycles. The number of aromatic nitrogens is 3. The lowest BCUT2D eigenvalue weighted by molar-refractivity contribution is 0.344. The van der Waals surface area contributed by atoms with Crippen molar-refractivity contribution in [2.75, 3.05) is 26.0 Å². The Morgan fingerprint density at radius 3 is 2.52 bits per heavy atom. The second-order valence-corrected chi connectivity index (χ2v) is 6.59. The number of hydrogen-bond acceptors (Lipinski definition) is 4. The van der Waals surface area contributed by atoms with Gasteiger partial charge in [0.1, 0.15) is 5.52 Å². The molecule has 5 nitrogen and oxygen atoms in total. The van der Waals surface area contributed by atoms with Crippen molar-refractivity contribution in [1.82, 2.24) is 19.5 Å². The normalized spacial score (nSPS) is 13.6. The Morgan fingerprint density at radius 1 is 1.24 bits per heavy atom. The monoisotopic (exact) mass is 289 g/mol. The van der Waals surface area contributed by atoms with E-state index in [1.54, 1.807) is 6.20 Å². The van der Waals surface area contributed by atoms with Crippen LogP contribution in [0.5, 0.6) is 0 Å². The van der Waals surface area contributed by atoms with Crippen molar-refractivity contribution < 1.29 is 0 Å². The van der Waals surface area contributed by atoms with Crippen molar-refractivity contribution in [1.29, 1.82) is 0 Å². The highest BCUT2D eigenvalue weighted by molar-refractivity contribution is 5.68. The summed E-state index contributed by atoms with van der Waals surface area (Å²) >= 11 is 0. The fraction of sp³-hybridized carbons (Fsp3) is 0.625. The number of nitrogens with one attached hydrogen (secondary N) is 1. The highest BCUT2D eigenvalue weighted by Gasteiger charge is 2.17. The molecule has 0 amide bonds. The van der Waals surface area contributed by atoms with Gasteiger partial charge in [-0.3, -0.25) is 0 Å². The van der Waals surface area contributed by atoms with Gasteiger partial charge in [0, 0.05) is 25.0 Å². The number of rotatable bonds is 6. The molecular formula is C16H27N5. The Balaban J connectivity index is 2.32. The lowest BCUT2D eigenvalue weighted by Crippen LogP contribution is -2.36. The van der Waals surface area contributed by atoms with E-state index in [2.05, 4.69) is 68.2 Å². The van der Waals surface area contributed by atoms with E-state index in [1.807, 2.05) is 10.7 Å². The van der Waals surface area contributed by atoms with Gasteiger partial charge in [-0.05, 0) is 32.0 Å². The van der Waals surface area contributed by atoms with Gasteiger partial charge in [0.2, 0.25) is 0 Å². The zero-order valence-corrected chi connectivity index (χ0v) is 14.0. The molecular weight excluding hydrogens is 262 g/mol. The third-order valence-electron chi connectivity index (χ3n) is 3.69. The lowest BCUT2D eigenvalue weighted by atomic mass is 10.0. The Morgan fingerprint density at radius 2 is 1.95 bits per heavy atom. The molecule has 1 unspecified atom stereocenters. The second kappa shape index (κ2) is 6.43. The summed E-state index contributed by atoms with van der Waals surface area (Å²) in [4.78, 5) is 6.72. The largest absolute Gasteiger partial charge is 0.364 e. The summed E-state index contributed by atoms with van der Waals surface area (Å²) in [5, 5.41) is 8.20. The van der Waals surface area contributed by atoms with Crippen molar-refractivity contribution in [3.8, 4) is 0 Å². The lowest BCUT2D eigenvalue weighted by Gasteiger charge is -2.26. The van der Waals surface area contributed by atoms with Gasteiger partial charge in [0.05, 0.1) is 5.69 Å². The Labute approximate surface area is 127 Å². The van der Waals surface area contributed by atoms with E-state index < -0.39 is 0 Å². The van der Waals surface area contributed by atoms with Crippen LogP contribution in [0.3, 0.4) is 0 Å². The van der Waals surface area contributed by atoms with E-state index in [4.69, 9.17) is 0 Å². The first-order valence-corrected chi connectivity index (χ1v) is 7.64. The van der Waals surface area contributed by atoms with Crippen LogP contribution in [0.15, 0.2) is 18.5 Å². The van der Waals surface area contributed by atoms with Gasteiger partial charge in [0.15, 0.2) is 5.82 Å². The molecule has 0 spiro atoms. The molecule has 1 N–H and O–H groups in total. The number of likely N-dealkylation sites (N-methyl/N-ethyl adjacent to an activating group) is 1. The average Bonchev–Trinajstić information content (AvgIpc) is 2.82. The number of nitrogens with zero attached hydrogens (tertiary/aromatic N) is 4. The van der Waals surface area contributed by atoms with Crippen molar-refractivity contribution in [3.63, 3.8) is 0 Å². The number of anilines is 1. The summed E-state index contributed by atoms with van der Waals surface area (Å²) in [6.07, 6.45) is 3.71. The SMILES string of the molecule is CC(C)c1cc2c(NC(CN(C)C)C(C)C)nccn2n1. The highest BCUT2D eigenvalue weighted by Crippen LogP contribution is 2.21. The van der Waals surface area contributed by atoms with E-state index in [9.17, 15) is 0 Å². The fourth-order valence-electron chi connectivity index (χ4n) is 2.33. The third kappa shape index (κ3) is 3.73. The smallest absolute Gasteiger partial charge is 0.152 e. The van der Waals surface area contributed by atoms with Crippen molar-refractivity contribution >= 4 is 11.3 Å². The maximum Gasteiger partial charge on any atom is 0.152 e. The minimum atomic E-state index is 0.358. The molecule has 116 valence electrons. The van der Waals surface area contributed by atoms with Gasteiger partial charge in [-0.15, -0.1) is 0 Å². The van der Waals surface area contributed by atoms with Gasteiger partial charge in [-0.1, -0.05) is 27.7 Å². The van der Waals surface area contributed by atoms with Gasteiger partial charge in [-0.2, -0.15) is 5.10 Å². The van der Waals surface area contributed by atoms with E-state index in [-0.39, 0.29) is 0 Å². The summed E-state index contributed by atoms with van der Waals surface area (Å²) in [6.45, 7) is 9.76. The third-order valence-corrected chi connectivity index (χ3v) is 3.69. The molecule has 0 bridgehead atoms. The Bertz CT molecular complexity index is 585. The van der Waals surface area contributed by atoms with Crippen molar-refractivity contribution in [2.24, 2.45) is 5.92 Å². The van der Waals surface area contributed by atoms with Crippen LogP contribution in [0.25, 0.3) is 5.52 Å². The maximum absolute atomic E-state index is 4.61. The van der Waals surface area contributed by atoms with Crippen molar-refractivity contribution in [2.45, 2.75) is 39.7 Å². The van der Waals surface area contributed by atoms with Crippen LogP contribution < -0.4 is 5.32 Å². The molecule has 0 saturated carbocycles. The first-order valence-electron chi connectivity index (χ1n) is 7.64. The predicted molar refractivity (Wildman–Crippen MR) is 87.9 cm³/mol. The molecule has 0 radical (unpaired) electrons. The molecule has 0 aliphatic carbocycles. The first kappa shape index (κ1) is 15.8. The zero-order valence-electron chi connectivity index (χ0n) is 14.0. The molecule has 2 aromatic heterocycles. The summed E-state index contributed by atoms with van der Waals surface area (Å²) in [5.74, 6) is 1.86. The maximum atomic E-state index is 4.61.